The second kappa shape index (κ2) is 8.61. The van der Waals surface area contributed by atoms with Gasteiger partial charge in [0.05, 0.1) is 0 Å². The Balaban J connectivity index is 1.61. The first-order valence-corrected chi connectivity index (χ1v) is 8.81. The lowest BCUT2D eigenvalue weighted by Gasteiger charge is -2.12. The van der Waals surface area contributed by atoms with Crippen LogP contribution in [-0.4, -0.2) is 17.8 Å². The van der Waals surface area contributed by atoms with Crippen molar-refractivity contribution in [3.05, 3.63) is 96.1 Å². The van der Waals surface area contributed by atoms with Crippen LogP contribution in [0.4, 0.5) is 0 Å². The molecule has 128 valence electrons. The Bertz CT molecular complexity index is 826. The third kappa shape index (κ3) is 5.02. The zero-order valence-electron chi connectivity index (χ0n) is 14.4. The lowest BCUT2D eigenvalue weighted by molar-refractivity contribution is 0.252. The quantitative estimate of drug-likeness (QED) is 0.640. The Kier molecular flexibility index (Phi) is 5.99. The van der Waals surface area contributed by atoms with Crippen LogP contribution in [0.15, 0.2) is 84.9 Å². The van der Waals surface area contributed by atoms with Crippen molar-refractivity contribution in [3.8, 4) is 0 Å². The lowest BCUT2D eigenvalue weighted by atomic mass is 9.97. The summed E-state index contributed by atoms with van der Waals surface area (Å²) >= 11 is 0. The van der Waals surface area contributed by atoms with E-state index in [9.17, 15) is 5.11 Å². The van der Waals surface area contributed by atoms with Gasteiger partial charge in [-0.05, 0) is 34.7 Å². The summed E-state index contributed by atoms with van der Waals surface area (Å²) in [6.45, 7) is 0.133. The molecular formula is C23H25NO. The Morgan fingerprint density at radius 1 is 0.760 bits per heavy atom. The number of hydrogen-bond donors (Lipinski definition) is 2. The summed E-state index contributed by atoms with van der Waals surface area (Å²) in [5.74, 6) is 0.102. The number of hydrogen-bond acceptors (Lipinski definition) is 2. The van der Waals surface area contributed by atoms with Crippen molar-refractivity contribution in [1.82, 2.24) is 0 Å². The molecule has 3 aromatic carbocycles. The molecule has 0 aliphatic heterocycles. The third-order valence-corrected chi connectivity index (χ3v) is 4.49. The van der Waals surface area contributed by atoms with Gasteiger partial charge in [0.1, 0.15) is 0 Å². The van der Waals surface area contributed by atoms with Crippen LogP contribution in [-0.2, 0) is 12.8 Å². The van der Waals surface area contributed by atoms with E-state index in [1.165, 1.54) is 21.9 Å². The predicted molar refractivity (Wildman–Crippen MR) is 105 cm³/mol. The van der Waals surface area contributed by atoms with Crippen LogP contribution in [0.3, 0.4) is 0 Å². The van der Waals surface area contributed by atoms with Gasteiger partial charge < -0.3 is 10.8 Å². The van der Waals surface area contributed by atoms with E-state index in [0.29, 0.717) is 0 Å². The zero-order valence-corrected chi connectivity index (χ0v) is 14.4. The van der Waals surface area contributed by atoms with E-state index < -0.39 is 0 Å². The monoisotopic (exact) mass is 331 g/mol. The highest BCUT2D eigenvalue weighted by Crippen LogP contribution is 2.17. The standard InChI is InChI=1S/C23H25NO/c24-23(13-11-20(17-25)14-18-6-2-1-3-7-18)16-19-10-12-21-8-4-5-9-22(21)15-19/h1-13,15,20,23,25H,14,16-17,24H2/b13-11+/t20?,23-/m0/s1. The number of fused-ring (bicyclic) bond motifs is 1. The maximum atomic E-state index is 9.62. The molecule has 3 N–H and O–H groups in total. The molecule has 3 rings (SSSR count). The van der Waals surface area contributed by atoms with Gasteiger partial charge in [0.25, 0.3) is 0 Å². The minimum absolute atomic E-state index is 0.0500. The van der Waals surface area contributed by atoms with E-state index in [-0.39, 0.29) is 18.6 Å². The highest BCUT2D eigenvalue weighted by Gasteiger charge is 2.07. The first kappa shape index (κ1) is 17.4. The molecule has 1 unspecified atom stereocenters. The normalized spacial score (nSPS) is 14.0. The molecule has 25 heavy (non-hydrogen) atoms. The van der Waals surface area contributed by atoms with Gasteiger partial charge in [-0.25, -0.2) is 0 Å². The fourth-order valence-electron chi connectivity index (χ4n) is 3.12. The maximum Gasteiger partial charge on any atom is 0.0497 e. The Morgan fingerprint density at radius 3 is 2.24 bits per heavy atom. The molecule has 0 amide bonds. The molecule has 2 heteroatoms. The fourth-order valence-corrected chi connectivity index (χ4v) is 3.12. The van der Waals surface area contributed by atoms with Crippen LogP contribution >= 0.6 is 0 Å². The van der Waals surface area contributed by atoms with Crippen LogP contribution in [0, 0.1) is 5.92 Å². The van der Waals surface area contributed by atoms with E-state index >= 15 is 0 Å². The molecule has 0 saturated heterocycles. The molecular weight excluding hydrogens is 306 g/mol. The van der Waals surface area contributed by atoms with E-state index in [2.05, 4.69) is 60.7 Å². The van der Waals surface area contributed by atoms with Crippen molar-refractivity contribution in [1.29, 1.82) is 0 Å². The Hall–Kier alpha value is -2.42. The topological polar surface area (TPSA) is 46.2 Å². The predicted octanol–water partition coefficient (Wildman–Crippen LogP) is 4.12. The number of rotatable bonds is 7. The van der Waals surface area contributed by atoms with Crippen molar-refractivity contribution in [2.75, 3.05) is 6.61 Å². The molecule has 2 nitrogen and oxygen atoms in total. The number of aliphatic hydroxyl groups excluding tert-OH is 1. The highest BCUT2D eigenvalue weighted by atomic mass is 16.3. The molecule has 0 bridgehead atoms. The molecule has 0 saturated carbocycles. The average molecular weight is 331 g/mol. The molecule has 3 aromatic rings. The first-order chi connectivity index (χ1) is 12.2. The average Bonchev–Trinajstić information content (AvgIpc) is 2.66. The summed E-state index contributed by atoms with van der Waals surface area (Å²) in [7, 11) is 0. The van der Waals surface area contributed by atoms with Crippen LogP contribution in [0.1, 0.15) is 11.1 Å². The Morgan fingerprint density at radius 2 is 1.48 bits per heavy atom. The van der Waals surface area contributed by atoms with Gasteiger partial charge in [0, 0.05) is 18.6 Å². The molecule has 0 heterocycles. The van der Waals surface area contributed by atoms with Crippen LogP contribution in [0.5, 0.6) is 0 Å². The number of benzene rings is 3. The Labute approximate surface area is 149 Å². The molecule has 2 atom stereocenters. The van der Waals surface area contributed by atoms with Crippen LogP contribution < -0.4 is 5.73 Å². The first-order valence-electron chi connectivity index (χ1n) is 8.81. The second-order valence-electron chi connectivity index (χ2n) is 6.57. The van der Waals surface area contributed by atoms with Crippen molar-refractivity contribution >= 4 is 10.8 Å². The lowest BCUT2D eigenvalue weighted by Crippen LogP contribution is -2.20. The van der Waals surface area contributed by atoms with Gasteiger partial charge in [0.15, 0.2) is 0 Å². The summed E-state index contributed by atoms with van der Waals surface area (Å²) in [4.78, 5) is 0. The second-order valence-corrected chi connectivity index (χ2v) is 6.57. The number of aliphatic hydroxyl groups is 1. The number of nitrogens with two attached hydrogens (primary N) is 1. The zero-order chi connectivity index (χ0) is 17.5. The van der Waals surface area contributed by atoms with Gasteiger partial charge in [-0.3, -0.25) is 0 Å². The van der Waals surface area contributed by atoms with Gasteiger partial charge in [-0.1, -0.05) is 84.9 Å². The summed E-state index contributed by atoms with van der Waals surface area (Å²) in [6, 6.07) is 25.0. The van der Waals surface area contributed by atoms with Crippen molar-refractivity contribution in [3.63, 3.8) is 0 Å². The SMILES string of the molecule is N[C@@H](/C=C/C(CO)Cc1ccccc1)Cc1ccc2ccccc2c1. The summed E-state index contributed by atoms with van der Waals surface area (Å²) in [6.07, 6.45) is 5.71. The maximum absolute atomic E-state index is 9.62. The van der Waals surface area contributed by atoms with Crippen molar-refractivity contribution in [2.24, 2.45) is 11.7 Å². The van der Waals surface area contributed by atoms with E-state index in [1.807, 2.05) is 24.3 Å². The molecule has 0 aliphatic rings. The van der Waals surface area contributed by atoms with E-state index in [0.717, 1.165) is 12.8 Å². The third-order valence-electron chi connectivity index (χ3n) is 4.49. The van der Waals surface area contributed by atoms with Gasteiger partial charge >= 0.3 is 0 Å². The minimum atomic E-state index is -0.0500. The summed E-state index contributed by atoms with van der Waals surface area (Å²) < 4.78 is 0. The molecule has 0 radical (unpaired) electrons. The van der Waals surface area contributed by atoms with Gasteiger partial charge in [-0.15, -0.1) is 0 Å². The van der Waals surface area contributed by atoms with E-state index in [1.54, 1.807) is 0 Å². The van der Waals surface area contributed by atoms with E-state index in [4.69, 9.17) is 5.73 Å². The van der Waals surface area contributed by atoms with Gasteiger partial charge in [0.2, 0.25) is 0 Å². The van der Waals surface area contributed by atoms with Crippen LogP contribution in [0.2, 0.25) is 0 Å². The van der Waals surface area contributed by atoms with Crippen molar-refractivity contribution < 1.29 is 5.11 Å². The summed E-state index contributed by atoms with van der Waals surface area (Å²) in [5.41, 5.74) is 8.74. The fraction of sp³-hybridized carbons (Fsp3) is 0.217. The van der Waals surface area contributed by atoms with Crippen LogP contribution in [0.25, 0.3) is 10.8 Å². The molecule has 0 aliphatic carbocycles. The van der Waals surface area contributed by atoms with Crippen molar-refractivity contribution in [2.45, 2.75) is 18.9 Å². The highest BCUT2D eigenvalue weighted by molar-refractivity contribution is 5.83. The smallest absolute Gasteiger partial charge is 0.0497 e. The largest absolute Gasteiger partial charge is 0.396 e. The summed E-state index contributed by atoms with van der Waals surface area (Å²) in [5, 5.41) is 12.1. The molecule has 0 spiro atoms. The molecule has 0 aromatic heterocycles. The minimum Gasteiger partial charge on any atom is -0.396 e. The molecule has 0 fully saturated rings. The van der Waals surface area contributed by atoms with Gasteiger partial charge in [-0.2, -0.15) is 0 Å².